The van der Waals surface area contributed by atoms with Crippen LogP contribution in [-0.4, -0.2) is 53.2 Å². The third-order valence-corrected chi connectivity index (χ3v) is 4.88. The van der Waals surface area contributed by atoms with E-state index in [1.54, 1.807) is 0 Å². The van der Waals surface area contributed by atoms with Crippen LogP contribution < -0.4 is 0 Å². The normalized spacial score (nSPS) is 15.1. The maximum absolute atomic E-state index is 12.4. The number of alkyl halides is 6. The van der Waals surface area contributed by atoms with E-state index < -0.39 is 33.2 Å². The van der Waals surface area contributed by atoms with Crippen LogP contribution in [0.4, 0.5) is 26.3 Å². The molecule has 0 unspecified atom stereocenters. The molecule has 0 atom stereocenters. The van der Waals surface area contributed by atoms with Crippen LogP contribution in [0.15, 0.2) is 11.8 Å². The summed E-state index contributed by atoms with van der Waals surface area (Å²) in [7, 11) is -0.0770. The zero-order valence-corrected chi connectivity index (χ0v) is 11.8. The maximum Gasteiger partial charge on any atom is 0.528 e. The highest BCUT2D eigenvalue weighted by Crippen LogP contribution is 2.45. The largest absolute Gasteiger partial charge is 0.528 e. The van der Waals surface area contributed by atoms with Crippen molar-refractivity contribution in [2.75, 3.05) is 21.3 Å². The summed E-state index contributed by atoms with van der Waals surface area (Å²) in [5.74, 6) is 0. The van der Waals surface area contributed by atoms with Crippen LogP contribution >= 0.6 is 0 Å². The number of halogens is 6. The molecule has 0 bridgehead atoms. The van der Waals surface area contributed by atoms with E-state index in [4.69, 9.17) is 18.4 Å². The highest BCUT2D eigenvalue weighted by atomic mass is 28.4. The molecule has 0 spiro atoms. The summed E-state index contributed by atoms with van der Waals surface area (Å²) < 4.78 is 88.6. The number of rotatable bonds is 6. The second kappa shape index (κ2) is 6.43. The molecule has 20 heavy (non-hydrogen) atoms. The predicted molar refractivity (Wildman–Crippen MR) is 57.6 cm³/mol. The van der Waals surface area contributed by atoms with E-state index in [2.05, 4.69) is 0 Å². The smallest absolute Gasteiger partial charge is 0.374 e. The molecule has 0 aromatic rings. The third-order valence-electron chi connectivity index (χ3n) is 2.53. The molecule has 0 aliphatic rings. The van der Waals surface area contributed by atoms with Crippen LogP contribution in [0, 0.1) is 0 Å². The van der Waals surface area contributed by atoms with Crippen molar-refractivity contribution in [2.45, 2.75) is 24.4 Å². The van der Waals surface area contributed by atoms with Crippen molar-refractivity contribution < 1.29 is 44.7 Å². The van der Waals surface area contributed by atoms with Crippen molar-refractivity contribution in [2.24, 2.45) is 0 Å². The second-order valence-corrected chi connectivity index (χ2v) is 6.44. The average Bonchev–Trinajstić information content (AvgIpc) is 2.32. The van der Waals surface area contributed by atoms with Gasteiger partial charge in [0, 0.05) is 27.8 Å². The quantitative estimate of drug-likeness (QED) is 0.600. The van der Waals surface area contributed by atoms with Gasteiger partial charge in [0.05, 0.1) is 0 Å². The predicted octanol–water partition coefficient (Wildman–Crippen LogP) is 2.21. The first kappa shape index (κ1) is 19.4. The molecule has 0 saturated carbocycles. The zero-order chi connectivity index (χ0) is 16.2. The molecule has 11 heteroatoms. The summed E-state index contributed by atoms with van der Waals surface area (Å²) in [6.07, 6.45) is -13.0. The molecular formula is C9H14F6O4Si. The molecule has 0 aromatic carbocycles. The van der Waals surface area contributed by atoms with Gasteiger partial charge >= 0.3 is 21.2 Å². The Labute approximate surface area is 112 Å². The summed E-state index contributed by atoms with van der Waals surface area (Å²) in [6.45, 7) is 0. The number of aliphatic hydroxyl groups is 1. The van der Waals surface area contributed by atoms with Crippen LogP contribution in [0.3, 0.4) is 0 Å². The van der Waals surface area contributed by atoms with Gasteiger partial charge in [0.2, 0.25) is 0 Å². The molecule has 0 amide bonds. The summed E-state index contributed by atoms with van der Waals surface area (Å²) in [6, 6.07) is 0. The zero-order valence-electron chi connectivity index (χ0n) is 10.8. The summed E-state index contributed by atoms with van der Waals surface area (Å²) in [5, 5.41) is 8.89. The van der Waals surface area contributed by atoms with Gasteiger partial charge in [0.1, 0.15) is 0 Å². The molecule has 0 aromatic heterocycles. The lowest BCUT2D eigenvalue weighted by Crippen LogP contribution is -2.56. The van der Waals surface area contributed by atoms with Gasteiger partial charge in [-0.25, -0.2) is 0 Å². The lowest BCUT2D eigenvalue weighted by atomic mass is 9.98. The van der Waals surface area contributed by atoms with Gasteiger partial charge in [-0.05, 0) is 5.70 Å². The minimum atomic E-state index is -5.87. The molecule has 0 rings (SSSR count). The second-order valence-electron chi connectivity index (χ2n) is 3.68. The fourth-order valence-corrected chi connectivity index (χ4v) is 2.53. The lowest BCUT2D eigenvalue weighted by Gasteiger charge is -2.31. The monoisotopic (exact) mass is 328 g/mol. The Morgan fingerprint density at radius 2 is 1.25 bits per heavy atom. The van der Waals surface area contributed by atoms with Gasteiger partial charge in [0.25, 0.3) is 5.60 Å². The lowest BCUT2D eigenvalue weighted by molar-refractivity contribution is -0.366. The average molecular weight is 328 g/mol. The van der Waals surface area contributed by atoms with Gasteiger partial charge in [0.15, 0.2) is 0 Å². The van der Waals surface area contributed by atoms with Crippen molar-refractivity contribution in [3.8, 4) is 0 Å². The number of hydrogen-bond donors (Lipinski definition) is 1. The Balaban J connectivity index is 5.26. The van der Waals surface area contributed by atoms with Gasteiger partial charge in [-0.15, -0.1) is 0 Å². The Hall–Kier alpha value is -0.623. The van der Waals surface area contributed by atoms with E-state index in [1.165, 1.54) is 0 Å². The fraction of sp³-hybridized carbons (Fsp3) is 0.778. The van der Waals surface area contributed by atoms with E-state index in [1.807, 2.05) is 0 Å². The first-order chi connectivity index (χ1) is 8.89. The van der Waals surface area contributed by atoms with Crippen molar-refractivity contribution >= 4 is 8.80 Å². The Morgan fingerprint density at radius 3 is 1.50 bits per heavy atom. The highest BCUT2D eigenvalue weighted by Gasteiger charge is 2.69. The third kappa shape index (κ3) is 3.94. The molecule has 0 fully saturated rings. The summed E-state index contributed by atoms with van der Waals surface area (Å²) in [4.78, 5) is 0. The van der Waals surface area contributed by atoms with Crippen molar-refractivity contribution in [3.63, 3.8) is 0 Å². The maximum atomic E-state index is 12.4. The van der Waals surface area contributed by atoms with Crippen LogP contribution in [-0.2, 0) is 13.3 Å². The van der Waals surface area contributed by atoms with E-state index in [0.29, 0.717) is 6.08 Å². The van der Waals surface area contributed by atoms with Crippen molar-refractivity contribution in [3.05, 3.63) is 11.8 Å². The first-order valence-electron chi connectivity index (χ1n) is 5.08. The molecule has 0 heterocycles. The molecule has 1 N–H and O–H groups in total. The standard InChI is InChI=1S/C9H14F6O4Si/c1-17-20(18-2,19-3)6-4-5-7(16,8(10,11)12)9(13,14)15/h4,6,16H,5H2,1-3H3/b6-4+. The minimum absolute atomic E-state index is 0.476. The Bertz CT molecular complexity index is 314. The van der Waals surface area contributed by atoms with Crippen LogP contribution in [0.2, 0.25) is 0 Å². The van der Waals surface area contributed by atoms with Crippen LogP contribution in [0.5, 0.6) is 0 Å². The van der Waals surface area contributed by atoms with E-state index >= 15 is 0 Å². The minimum Gasteiger partial charge on any atom is -0.374 e. The summed E-state index contributed by atoms with van der Waals surface area (Å²) >= 11 is 0. The Morgan fingerprint density at radius 1 is 0.900 bits per heavy atom. The van der Waals surface area contributed by atoms with Gasteiger partial charge < -0.3 is 18.4 Å². The van der Waals surface area contributed by atoms with E-state index in [9.17, 15) is 26.3 Å². The molecule has 0 saturated heterocycles. The Kier molecular flexibility index (Phi) is 6.23. The van der Waals surface area contributed by atoms with Gasteiger partial charge in [-0.1, -0.05) is 6.08 Å². The van der Waals surface area contributed by atoms with Crippen LogP contribution in [0.1, 0.15) is 6.42 Å². The molecule has 120 valence electrons. The topological polar surface area (TPSA) is 47.9 Å². The fourth-order valence-electron chi connectivity index (χ4n) is 1.22. The number of hydrogen-bond acceptors (Lipinski definition) is 4. The molecule has 0 aliphatic heterocycles. The van der Waals surface area contributed by atoms with Gasteiger partial charge in [-0.3, -0.25) is 0 Å². The van der Waals surface area contributed by atoms with E-state index in [-0.39, 0.29) is 0 Å². The van der Waals surface area contributed by atoms with Gasteiger partial charge in [-0.2, -0.15) is 26.3 Å². The van der Waals surface area contributed by atoms with Crippen LogP contribution in [0.25, 0.3) is 0 Å². The van der Waals surface area contributed by atoms with Crippen molar-refractivity contribution in [1.82, 2.24) is 0 Å². The first-order valence-corrected chi connectivity index (χ1v) is 6.88. The molecular weight excluding hydrogens is 314 g/mol. The highest BCUT2D eigenvalue weighted by molar-refractivity contribution is 6.66. The van der Waals surface area contributed by atoms with E-state index in [0.717, 1.165) is 27.0 Å². The molecule has 4 nitrogen and oxygen atoms in total. The SMILES string of the molecule is CO[Si](/C=C/CC(O)(C(F)(F)F)C(F)(F)F)(OC)OC. The summed E-state index contributed by atoms with van der Waals surface area (Å²) in [5.41, 5.74) is -4.01. The molecule has 0 aliphatic carbocycles. The molecule has 0 radical (unpaired) electrons. The van der Waals surface area contributed by atoms with Crippen molar-refractivity contribution in [1.29, 1.82) is 0 Å².